The predicted octanol–water partition coefficient (Wildman–Crippen LogP) is 2.84. The van der Waals surface area contributed by atoms with Crippen LogP contribution in [0.4, 0.5) is 0 Å². The Bertz CT molecular complexity index is 876. The van der Waals surface area contributed by atoms with Crippen LogP contribution in [0.25, 0.3) is 0 Å². The molecule has 1 unspecified atom stereocenters. The number of nitrogens with zero attached hydrogens (tertiary/aromatic N) is 2. The van der Waals surface area contributed by atoms with Crippen LogP contribution in [0.15, 0.2) is 63.0 Å². The van der Waals surface area contributed by atoms with Gasteiger partial charge in [0.2, 0.25) is 0 Å². The smallest absolute Gasteiger partial charge is 0.191 e. The molecular formula is C22H32N4O3S. The number of likely N-dealkylation sites (tertiary alicyclic amines) is 1. The van der Waals surface area contributed by atoms with Crippen molar-refractivity contribution in [1.29, 1.82) is 0 Å². The number of rotatable bonds is 9. The highest BCUT2D eigenvalue weighted by molar-refractivity contribution is 7.91. The number of piperidine rings is 1. The van der Waals surface area contributed by atoms with E-state index in [0.29, 0.717) is 23.9 Å². The van der Waals surface area contributed by atoms with Crippen molar-refractivity contribution in [1.82, 2.24) is 15.5 Å². The summed E-state index contributed by atoms with van der Waals surface area (Å²) in [6.45, 7) is 5.62. The SMILES string of the molecule is CCNC(=NCC(c1ccco1)N1CCCCC1)NCCS(=O)(=O)c1ccccc1. The molecule has 0 saturated carbocycles. The zero-order chi connectivity index (χ0) is 21.2. The molecule has 1 fully saturated rings. The first-order chi connectivity index (χ1) is 14.6. The van der Waals surface area contributed by atoms with E-state index in [9.17, 15) is 8.42 Å². The minimum absolute atomic E-state index is 0.00909. The number of benzene rings is 1. The van der Waals surface area contributed by atoms with Gasteiger partial charge in [-0.05, 0) is 57.1 Å². The van der Waals surface area contributed by atoms with Crippen molar-refractivity contribution >= 4 is 15.8 Å². The zero-order valence-corrected chi connectivity index (χ0v) is 18.4. The highest BCUT2D eigenvalue weighted by Crippen LogP contribution is 2.25. The van der Waals surface area contributed by atoms with E-state index >= 15 is 0 Å². The Morgan fingerprint density at radius 1 is 1.10 bits per heavy atom. The van der Waals surface area contributed by atoms with Gasteiger partial charge < -0.3 is 15.1 Å². The molecule has 0 amide bonds. The van der Waals surface area contributed by atoms with Gasteiger partial charge in [0.05, 0.1) is 29.5 Å². The second kappa shape index (κ2) is 11.2. The Balaban J connectivity index is 1.62. The van der Waals surface area contributed by atoms with E-state index in [1.807, 2.05) is 25.1 Å². The van der Waals surface area contributed by atoms with Crippen molar-refractivity contribution in [2.24, 2.45) is 4.99 Å². The number of guanidine groups is 1. The van der Waals surface area contributed by atoms with Crippen LogP contribution in [0.2, 0.25) is 0 Å². The van der Waals surface area contributed by atoms with Gasteiger partial charge in [-0.3, -0.25) is 9.89 Å². The molecule has 0 spiro atoms. The average Bonchev–Trinajstić information content (AvgIpc) is 3.30. The van der Waals surface area contributed by atoms with Gasteiger partial charge >= 0.3 is 0 Å². The fourth-order valence-corrected chi connectivity index (χ4v) is 4.84. The number of hydrogen-bond donors (Lipinski definition) is 2. The van der Waals surface area contributed by atoms with Crippen LogP contribution in [0, 0.1) is 0 Å². The van der Waals surface area contributed by atoms with Crippen LogP contribution >= 0.6 is 0 Å². The van der Waals surface area contributed by atoms with Crippen LogP contribution in [-0.2, 0) is 9.84 Å². The van der Waals surface area contributed by atoms with E-state index in [1.165, 1.54) is 19.3 Å². The fraction of sp³-hybridized carbons (Fsp3) is 0.500. The lowest BCUT2D eigenvalue weighted by atomic mass is 10.1. The molecule has 2 aromatic rings. The van der Waals surface area contributed by atoms with Crippen molar-refractivity contribution < 1.29 is 12.8 Å². The van der Waals surface area contributed by atoms with Gasteiger partial charge in [-0.25, -0.2) is 8.42 Å². The minimum Gasteiger partial charge on any atom is -0.468 e. The van der Waals surface area contributed by atoms with Crippen LogP contribution in [0.1, 0.15) is 38.0 Å². The number of aliphatic imine (C=N–C) groups is 1. The maximum absolute atomic E-state index is 12.5. The summed E-state index contributed by atoms with van der Waals surface area (Å²) in [4.78, 5) is 7.51. The Morgan fingerprint density at radius 2 is 1.87 bits per heavy atom. The second-order valence-electron chi connectivity index (χ2n) is 7.41. The quantitative estimate of drug-likeness (QED) is 0.468. The number of sulfone groups is 1. The summed E-state index contributed by atoms with van der Waals surface area (Å²) in [6.07, 6.45) is 5.35. The molecule has 1 aliphatic heterocycles. The van der Waals surface area contributed by atoms with Gasteiger partial charge in [0.1, 0.15) is 5.76 Å². The van der Waals surface area contributed by atoms with Gasteiger partial charge in [0.15, 0.2) is 15.8 Å². The summed E-state index contributed by atoms with van der Waals surface area (Å²) in [7, 11) is -3.32. The summed E-state index contributed by atoms with van der Waals surface area (Å²) in [5.41, 5.74) is 0. The molecule has 1 atom stereocenters. The predicted molar refractivity (Wildman–Crippen MR) is 119 cm³/mol. The molecule has 1 saturated heterocycles. The minimum atomic E-state index is -3.32. The maximum Gasteiger partial charge on any atom is 0.191 e. The molecule has 1 aromatic carbocycles. The van der Waals surface area contributed by atoms with E-state index in [4.69, 9.17) is 9.41 Å². The number of furan rings is 1. The summed E-state index contributed by atoms with van der Waals surface area (Å²) >= 11 is 0. The first-order valence-corrected chi connectivity index (χ1v) is 12.3. The Labute approximate surface area is 179 Å². The summed E-state index contributed by atoms with van der Waals surface area (Å²) < 4.78 is 30.6. The second-order valence-corrected chi connectivity index (χ2v) is 9.52. The Morgan fingerprint density at radius 3 is 2.53 bits per heavy atom. The van der Waals surface area contributed by atoms with E-state index < -0.39 is 9.84 Å². The van der Waals surface area contributed by atoms with Crippen molar-refractivity contribution in [3.63, 3.8) is 0 Å². The molecule has 0 aliphatic carbocycles. The molecule has 1 aromatic heterocycles. The van der Waals surface area contributed by atoms with Crippen molar-refractivity contribution in [2.45, 2.75) is 37.1 Å². The van der Waals surface area contributed by atoms with Gasteiger partial charge in [-0.2, -0.15) is 0 Å². The highest BCUT2D eigenvalue weighted by Gasteiger charge is 2.24. The van der Waals surface area contributed by atoms with Crippen LogP contribution < -0.4 is 10.6 Å². The number of hydrogen-bond acceptors (Lipinski definition) is 5. The molecule has 30 heavy (non-hydrogen) atoms. The molecule has 1 aliphatic rings. The standard InChI is InChI=1S/C22H32N4O3S/c1-2-23-22(24-13-17-30(27,28)19-10-5-3-6-11-19)25-18-20(21-12-9-16-29-21)26-14-7-4-8-15-26/h3,5-6,9-12,16,20H,2,4,7-8,13-15,17-18H2,1H3,(H2,23,24,25). The first kappa shape index (κ1) is 22.4. The van der Waals surface area contributed by atoms with Gasteiger partial charge in [-0.1, -0.05) is 24.6 Å². The van der Waals surface area contributed by atoms with E-state index in [1.54, 1.807) is 30.5 Å². The van der Waals surface area contributed by atoms with Crippen molar-refractivity contribution in [3.8, 4) is 0 Å². The third-order valence-corrected chi connectivity index (χ3v) is 6.97. The molecule has 0 bridgehead atoms. The van der Waals surface area contributed by atoms with E-state index in [2.05, 4.69) is 15.5 Å². The Hall–Kier alpha value is -2.32. The zero-order valence-electron chi connectivity index (χ0n) is 17.6. The van der Waals surface area contributed by atoms with Crippen LogP contribution in [-0.4, -0.2) is 57.8 Å². The van der Waals surface area contributed by atoms with Crippen LogP contribution in [0.3, 0.4) is 0 Å². The molecule has 8 heteroatoms. The molecule has 164 valence electrons. The lowest BCUT2D eigenvalue weighted by Crippen LogP contribution is -2.41. The normalized spacial score (nSPS) is 16.9. The van der Waals surface area contributed by atoms with E-state index in [-0.39, 0.29) is 18.3 Å². The molecular weight excluding hydrogens is 400 g/mol. The average molecular weight is 433 g/mol. The summed E-state index contributed by atoms with van der Waals surface area (Å²) in [5, 5.41) is 6.37. The van der Waals surface area contributed by atoms with Crippen molar-refractivity contribution in [3.05, 3.63) is 54.5 Å². The summed E-state index contributed by atoms with van der Waals surface area (Å²) in [6, 6.07) is 12.5. The lowest BCUT2D eigenvalue weighted by molar-refractivity contribution is 0.150. The van der Waals surface area contributed by atoms with E-state index in [0.717, 1.165) is 18.8 Å². The largest absolute Gasteiger partial charge is 0.468 e. The van der Waals surface area contributed by atoms with Crippen molar-refractivity contribution in [2.75, 3.05) is 38.5 Å². The maximum atomic E-state index is 12.5. The lowest BCUT2D eigenvalue weighted by Gasteiger charge is -2.32. The summed E-state index contributed by atoms with van der Waals surface area (Å²) in [5.74, 6) is 1.55. The van der Waals surface area contributed by atoms with Gasteiger partial charge in [0.25, 0.3) is 0 Å². The first-order valence-electron chi connectivity index (χ1n) is 10.7. The Kier molecular flexibility index (Phi) is 8.33. The fourth-order valence-electron chi connectivity index (χ4n) is 3.67. The molecule has 7 nitrogen and oxygen atoms in total. The molecule has 2 heterocycles. The van der Waals surface area contributed by atoms with Gasteiger partial charge in [0, 0.05) is 13.1 Å². The monoisotopic (exact) mass is 432 g/mol. The molecule has 3 rings (SSSR count). The number of nitrogens with one attached hydrogen (secondary N) is 2. The van der Waals surface area contributed by atoms with Gasteiger partial charge in [-0.15, -0.1) is 0 Å². The topological polar surface area (TPSA) is 86.9 Å². The molecule has 0 radical (unpaired) electrons. The highest BCUT2D eigenvalue weighted by atomic mass is 32.2. The van der Waals surface area contributed by atoms with Crippen LogP contribution in [0.5, 0.6) is 0 Å². The molecule has 2 N–H and O–H groups in total. The third-order valence-electron chi connectivity index (χ3n) is 5.24. The third kappa shape index (κ3) is 6.34.